The van der Waals surface area contributed by atoms with Gasteiger partial charge in [0.15, 0.2) is 0 Å². The number of aryl methyl sites for hydroxylation is 1. The number of hydrogen-bond donors (Lipinski definition) is 1. The van der Waals surface area contributed by atoms with E-state index >= 15 is 0 Å². The molecule has 0 radical (unpaired) electrons. The van der Waals surface area contributed by atoms with E-state index in [1.54, 1.807) is 35.4 Å². The molecule has 1 aromatic heterocycles. The number of anilines is 1. The number of nitrogens with one attached hydrogen (secondary N) is 1. The van der Waals surface area contributed by atoms with Gasteiger partial charge in [-0.25, -0.2) is 9.97 Å². The molecule has 1 N–H and O–H groups in total. The number of morpholine rings is 1. The summed E-state index contributed by atoms with van der Waals surface area (Å²) in [7, 11) is 0. The summed E-state index contributed by atoms with van der Waals surface area (Å²) in [5, 5.41) is 2.91. The highest BCUT2D eigenvalue weighted by molar-refractivity contribution is 6.05. The van der Waals surface area contributed by atoms with Crippen LogP contribution < -0.4 is 5.32 Å². The Kier molecular flexibility index (Phi) is 4.85. The van der Waals surface area contributed by atoms with Gasteiger partial charge in [0.1, 0.15) is 5.82 Å². The first kappa shape index (κ1) is 17.6. The lowest BCUT2D eigenvalue weighted by atomic mass is 10.1. The van der Waals surface area contributed by atoms with Crippen LogP contribution in [-0.4, -0.2) is 53.0 Å². The number of carbonyl (C=O) groups excluding carboxylic acids is 2. The zero-order valence-electron chi connectivity index (χ0n) is 15.3. The Labute approximate surface area is 157 Å². The maximum Gasteiger partial charge on any atom is 0.255 e. The van der Waals surface area contributed by atoms with E-state index in [0.29, 0.717) is 54.9 Å². The largest absolute Gasteiger partial charge is 0.378 e. The molecule has 1 saturated heterocycles. The van der Waals surface area contributed by atoms with Crippen LogP contribution in [0.5, 0.6) is 0 Å². The molecule has 2 amide bonds. The van der Waals surface area contributed by atoms with Crippen LogP contribution in [0.4, 0.5) is 5.69 Å². The molecule has 2 aliphatic rings. The second kappa shape index (κ2) is 7.44. The van der Waals surface area contributed by atoms with Crippen LogP contribution in [0.1, 0.15) is 51.0 Å². The zero-order chi connectivity index (χ0) is 18.8. The fourth-order valence-electron chi connectivity index (χ4n) is 3.16. The summed E-state index contributed by atoms with van der Waals surface area (Å²) in [6, 6.07) is 6.74. The van der Waals surface area contributed by atoms with Crippen molar-refractivity contribution >= 4 is 17.5 Å². The van der Waals surface area contributed by atoms with E-state index in [1.165, 1.54) is 0 Å². The molecule has 7 nitrogen and oxygen atoms in total. The minimum atomic E-state index is -0.227. The van der Waals surface area contributed by atoms with Crippen LogP contribution in [0.2, 0.25) is 0 Å². The Morgan fingerprint density at radius 2 is 1.78 bits per heavy atom. The third-order valence-corrected chi connectivity index (χ3v) is 4.84. The van der Waals surface area contributed by atoms with Crippen molar-refractivity contribution in [3.63, 3.8) is 0 Å². The van der Waals surface area contributed by atoms with Crippen LogP contribution in [0.25, 0.3) is 0 Å². The third kappa shape index (κ3) is 3.98. The van der Waals surface area contributed by atoms with Gasteiger partial charge in [0.2, 0.25) is 0 Å². The van der Waals surface area contributed by atoms with Crippen molar-refractivity contribution in [3.05, 3.63) is 53.1 Å². The van der Waals surface area contributed by atoms with Gasteiger partial charge in [0, 0.05) is 30.1 Å². The lowest BCUT2D eigenvalue weighted by Crippen LogP contribution is -2.40. The molecule has 0 spiro atoms. The number of nitrogens with zero attached hydrogens (tertiary/aromatic N) is 3. The van der Waals surface area contributed by atoms with Gasteiger partial charge in [-0.1, -0.05) is 0 Å². The highest BCUT2D eigenvalue weighted by Crippen LogP contribution is 2.42. The number of carbonyl (C=O) groups is 2. The van der Waals surface area contributed by atoms with Gasteiger partial charge in [-0.3, -0.25) is 9.59 Å². The maximum atomic E-state index is 12.6. The van der Waals surface area contributed by atoms with Crippen molar-refractivity contribution in [1.29, 1.82) is 0 Å². The molecular weight excluding hydrogens is 344 g/mol. The van der Waals surface area contributed by atoms with Gasteiger partial charge < -0.3 is 15.0 Å². The van der Waals surface area contributed by atoms with Crippen LogP contribution >= 0.6 is 0 Å². The summed E-state index contributed by atoms with van der Waals surface area (Å²) in [5.74, 6) is 0.860. The lowest BCUT2D eigenvalue weighted by molar-refractivity contribution is 0.0303. The second-order valence-electron chi connectivity index (χ2n) is 6.93. The van der Waals surface area contributed by atoms with Gasteiger partial charge in [0.25, 0.3) is 11.8 Å². The highest BCUT2D eigenvalue weighted by Gasteiger charge is 2.29. The summed E-state index contributed by atoms with van der Waals surface area (Å²) in [6.45, 7) is 4.17. The standard InChI is InChI=1S/C20H22N4O3/c1-13-21-12-17(18(22-13)14-2-3-14)23-19(25)15-4-6-16(7-5-15)20(26)24-8-10-27-11-9-24/h4-7,12,14H,2-3,8-11H2,1H3,(H,23,25). The Hall–Kier alpha value is -2.80. The molecule has 0 bridgehead atoms. The molecular formula is C20H22N4O3. The molecule has 0 unspecified atom stereocenters. The fraction of sp³-hybridized carbons (Fsp3) is 0.400. The Bertz CT molecular complexity index is 856. The van der Waals surface area contributed by atoms with Gasteiger partial charge in [-0.2, -0.15) is 0 Å². The van der Waals surface area contributed by atoms with Gasteiger partial charge in [-0.05, 0) is 44.0 Å². The average Bonchev–Trinajstić information content (AvgIpc) is 3.55. The highest BCUT2D eigenvalue weighted by atomic mass is 16.5. The number of amides is 2. The van der Waals surface area contributed by atoms with Crippen molar-refractivity contribution in [2.45, 2.75) is 25.7 Å². The van der Waals surface area contributed by atoms with Gasteiger partial charge in [0.05, 0.1) is 30.8 Å². The first-order valence-corrected chi connectivity index (χ1v) is 9.24. The number of ether oxygens (including phenoxy) is 1. The molecule has 2 heterocycles. The van der Waals surface area contributed by atoms with E-state index in [1.807, 2.05) is 6.92 Å². The quantitative estimate of drug-likeness (QED) is 0.898. The fourth-order valence-corrected chi connectivity index (χ4v) is 3.16. The van der Waals surface area contributed by atoms with E-state index in [9.17, 15) is 9.59 Å². The molecule has 0 atom stereocenters. The summed E-state index contributed by atoms with van der Waals surface area (Å²) in [4.78, 5) is 35.5. The molecule has 1 saturated carbocycles. The van der Waals surface area contributed by atoms with Crippen molar-refractivity contribution in [2.75, 3.05) is 31.6 Å². The Balaban J connectivity index is 1.46. The smallest absolute Gasteiger partial charge is 0.255 e. The van der Waals surface area contributed by atoms with Crippen LogP contribution in [0, 0.1) is 6.92 Å². The molecule has 1 aliphatic carbocycles. The predicted octanol–water partition coefficient (Wildman–Crippen LogP) is 2.39. The summed E-state index contributed by atoms with van der Waals surface area (Å²) >= 11 is 0. The maximum absolute atomic E-state index is 12.6. The second-order valence-corrected chi connectivity index (χ2v) is 6.93. The molecule has 1 aromatic carbocycles. The SMILES string of the molecule is Cc1ncc(NC(=O)c2ccc(C(=O)N3CCOCC3)cc2)c(C2CC2)n1. The molecule has 2 aromatic rings. The molecule has 7 heteroatoms. The van der Waals surface area contributed by atoms with E-state index in [2.05, 4.69) is 15.3 Å². The summed E-state index contributed by atoms with van der Waals surface area (Å²) in [6.07, 6.45) is 3.86. The summed E-state index contributed by atoms with van der Waals surface area (Å²) in [5.41, 5.74) is 2.65. The minimum Gasteiger partial charge on any atom is -0.378 e. The molecule has 4 rings (SSSR count). The number of hydrogen-bond acceptors (Lipinski definition) is 5. The van der Waals surface area contributed by atoms with Crippen molar-refractivity contribution in [3.8, 4) is 0 Å². The van der Waals surface area contributed by atoms with E-state index in [4.69, 9.17) is 4.74 Å². The number of rotatable bonds is 4. The Morgan fingerprint density at radius 3 is 2.44 bits per heavy atom. The predicted molar refractivity (Wildman–Crippen MR) is 99.9 cm³/mol. The molecule has 2 fully saturated rings. The monoisotopic (exact) mass is 366 g/mol. The Morgan fingerprint density at radius 1 is 1.11 bits per heavy atom. The first-order valence-electron chi connectivity index (χ1n) is 9.24. The average molecular weight is 366 g/mol. The lowest BCUT2D eigenvalue weighted by Gasteiger charge is -2.26. The molecule has 27 heavy (non-hydrogen) atoms. The normalized spacial score (nSPS) is 16.9. The minimum absolute atomic E-state index is 0.0341. The zero-order valence-corrected chi connectivity index (χ0v) is 15.3. The summed E-state index contributed by atoms with van der Waals surface area (Å²) < 4.78 is 5.27. The van der Waals surface area contributed by atoms with Crippen LogP contribution in [0.15, 0.2) is 30.5 Å². The van der Waals surface area contributed by atoms with Crippen molar-refractivity contribution in [2.24, 2.45) is 0 Å². The number of benzene rings is 1. The van der Waals surface area contributed by atoms with Crippen molar-refractivity contribution in [1.82, 2.24) is 14.9 Å². The molecule has 140 valence electrons. The number of aromatic nitrogens is 2. The van der Waals surface area contributed by atoms with Crippen molar-refractivity contribution < 1.29 is 14.3 Å². The topological polar surface area (TPSA) is 84.4 Å². The van der Waals surface area contributed by atoms with Gasteiger partial charge >= 0.3 is 0 Å². The van der Waals surface area contributed by atoms with E-state index in [0.717, 1.165) is 18.5 Å². The van der Waals surface area contributed by atoms with E-state index in [-0.39, 0.29) is 11.8 Å². The van der Waals surface area contributed by atoms with Crippen LogP contribution in [0.3, 0.4) is 0 Å². The van der Waals surface area contributed by atoms with Gasteiger partial charge in [-0.15, -0.1) is 0 Å². The van der Waals surface area contributed by atoms with Crippen LogP contribution in [-0.2, 0) is 4.74 Å². The molecule has 1 aliphatic heterocycles. The van der Waals surface area contributed by atoms with E-state index < -0.39 is 0 Å². The first-order chi connectivity index (χ1) is 13.1. The third-order valence-electron chi connectivity index (χ3n) is 4.84.